The molecule has 0 spiro atoms. The number of aromatic nitrogens is 4. The molecule has 3 heterocycles. The first-order valence-corrected chi connectivity index (χ1v) is 8.54. The van der Waals surface area contributed by atoms with Crippen molar-refractivity contribution in [1.29, 1.82) is 0 Å². The number of likely N-dealkylation sites (tertiary alicyclic amines) is 1. The Morgan fingerprint density at radius 2 is 2.04 bits per heavy atom. The lowest BCUT2D eigenvalue weighted by Crippen LogP contribution is -2.29. The zero-order valence-corrected chi connectivity index (χ0v) is 14.1. The second-order valence-electron chi connectivity index (χ2n) is 6.48. The van der Waals surface area contributed by atoms with Gasteiger partial charge < -0.3 is 4.90 Å². The Kier molecular flexibility index (Phi) is 4.43. The molecule has 1 aromatic carbocycles. The second kappa shape index (κ2) is 7.03. The Hall–Kier alpha value is -3.09. The lowest BCUT2D eigenvalue weighted by atomic mass is 9.99. The first kappa shape index (κ1) is 16.4. The van der Waals surface area contributed by atoms with Gasteiger partial charge in [0.1, 0.15) is 18.5 Å². The smallest absolute Gasteiger partial charge is 0.255 e. The van der Waals surface area contributed by atoms with Gasteiger partial charge in [-0.05, 0) is 48.6 Å². The molecule has 1 atom stereocenters. The molecule has 1 saturated heterocycles. The molecule has 0 aliphatic carbocycles. The van der Waals surface area contributed by atoms with Gasteiger partial charge in [-0.15, -0.1) is 0 Å². The van der Waals surface area contributed by atoms with E-state index in [-0.39, 0.29) is 11.7 Å². The molecule has 1 aliphatic rings. The third-order valence-electron chi connectivity index (χ3n) is 4.66. The van der Waals surface area contributed by atoms with Crippen LogP contribution in [0.1, 0.15) is 22.3 Å². The van der Waals surface area contributed by atoms with Crippen molar-refractivity contribution in [1.82, 2.24) is 24.6 Å². The Balaban J connectivity index is 1.38. The third kappa shape index (κ3) is 3.46. The van der Waals surface area contributed by atoms with Crippen LogP contribution in [0.2, 0.25) is 0 Å². The molecule has 2 aromatic heterocycles. The van der Waals surface area contributed by atoms with Gasteiger partial charge >= 0.3 is 0 Å². The van der Waals surface area contributed by atoms with Crippen LogP contribution in [0.4, 0.5) is 4.39 Å². The van der Waals surface area contributed by atoms with Crippen molar-refractivity contribution in [3.63, 3.8) is 0 Å². The summed E-state index contributed by atoms with van der Waals surface area (Å²) in [6, 6.07) is 10.1. The molecule has 0 radical (unpaired) electrons. The maximum atomic E-state index is 13.0. The van der Waals surface area contributed by atoms with Gasteiger partial charge in [0, 0.05) is 19.3 Å². The van der Waals surface area contributed by atoms with E-state index in [9.17, 15) is 9.18 Å². The Bertz CT molecular complexity index is 877. The minimum absolute atomic E-state index is 0.00996. The van der Waals surface area contributed by atoms with Crippen molar-refractivity contribution in [3.05, 3.63) is 72.2 Å². The lowest BCUT2D eigenvalue weighted by Gasteiger charge is -2.16. The number of benzene rings is 1. The summed E-state index contributed by atoms with van der Waals surface area (Å²) in [5.74, 6) is 0.782. The summed E-state index contributed by atoms with van der Waals surface area (Å²) >= 11 is 0. The minimum atomic E-state index is -0.223. The fourth-order valence-electron chi connectivity index (χ4n) is 3.29. The topological polar surface area (TPSA) is 63.9 Å². The van der Waals surface area contributed by atoms with Crippen LogP contribution in [0.25, 0.3) is 5.82 Å². The van der Waals surface area contributed by atoms with Gasteiger partial charge in [-0.25, -0.2) is 19.0 Å². The summed E-state index contributed by atoms with van der Waals surface area (Å²) in [6.45, 7) is 1.44. The summed E-state index contributed by atoms with van der Waals surface area (Å²) in [4.78, 5) is 22.7. The highest BCUT2D eigenvalue weighted by Gasteiger charge is 2.27. The molecule has 1 amide bonds. The quantitative estimate of drug-likeness (QED) is 0.724. The Morgan fingerprint density at radius 3 is 2.73 bits per heavy atom. The maximum Gasteiger partial charge on any atom is 0.255 e. The van der Waals surface area contributed by atoms with Crippen LogP contribution < -0.4 is 0 Å². The van der Waals surface area contributed by atoms with E-state index >= 15 is 0 Å². The molecule has 4 rings (SSSR count). The largest absolute Gasteiger partial charge is 0.338 e. The van der Waals surface area contributed by atoms with E-state index in [4.69, 9.17) is 0 Å². The zero-order valence-electron chi connectivity index (χ0n) is 14.1. The standard InChI is InChI=1S/C19H18FN5O/c20-17-4-1-14(2-5-17)9-15-7-8-24(11-15)19(26)16-3-6-18(22-10-16)25-13-21-12-23-25/h1-6,10,12-13,15H,7-9,11H2. The molecular weight excluding hydrogens is 333 g/mol. The Labute approximate surface area is 150 Å². The first-order chi connectivity index (χ1) is 12.7. The number of pyridine rings is 1. The number of carbonyl (C=O) groups is 1. The molecule has 0 bridgehead atoms. The molecule has 7 heteroatoms. The first-order valence-electron chi connectivity index (χ1n) is 8.54. The van der Waals surface area contributed by atoms with Crippen LogP contribution in [0.5, 0.6) is 0 Å². The summed E-state index contributed by atoms with van der Waals surface area (Å²) < 4.78 is 14.6. The molecule has 6 nitrogen and oxygen atoms in total. The lowest BCUT2D eigenvalue weighted by molar-refractivity contribution is 0.0786. The predicted octanol–water partition coefficient (Wildman–Crippen LogP) is 2.51. The molecule has 26 heavy (non-hydrogen) atoms. The van der Waals surface area contributed by atoms with Gasteiger partial charge in [0.2, 0.25) is 0 Å². The van der Waals surface area contributed by atoms with Crippen molar-refractivity contribution in [2.24, 2.45) is 5.92 Å². The minimum Gasteiger partial charge on any atom is -0.338 e. The van der Waals surface area contributed by atoms with E-state index in [0.29, 0.717) is 23.8 Å². The van der Waals surface area contributed by atoms with Gasteiger partial charge in [-0.1, -0.05) is 12.1 Å². The van der Waals surface area contributed by atoms with E-state index < -0.39 is 0 Å². The number of rotatable bonds is 4. The summed E-state index contributed by atoms with van der Waals surface area (Å²) in [6.07, 6.45) is 6.38. The molecule has 0 N–H and O–H groups in total. The molecule has 1 unspecified atom stereocenters. The SMILES string of the molecule is O=C(c1ccc(-n2cncn2)nc1)N1CCC(Cc2ccc(F)cc2)C1. The molecule has 132 valence electrons. The fourth-order valence-corrected chi connectivity index (χ4v) is 3.29. The Morgan fingerprint density at radius 1 is 1.19 bits per heavy atom. The van der Waals surface area contributed by atoms with Gasteiger partial charge in [-0.2, -0.15) is 5.10 Å². The van der Waals surface area contributed by atoms with Crippen molar-refractivity contribution in [2.75, 3.05) is 13.1 Å². The fraction of sp³-hybridized carbons (Fsp3) is 0.263. The van der Waals surface area contributed by atoms with Gasteiger partial charge in [0.05, 0.1) is 5.56 Å². The highest BCUT2D eigenvalue weighted by Crippen LogP contribution is 2.22. The van der Waals surface area contributed by atoms with Crippen molar-refractivity contribution >= 4 is 5.91 Å². The highest BCUT2D eigenvalue weighted by atomic mass is 19.1. The molecule has 1 aliphatic heterocycles. The highest BCUT2D eigenvalue weighted by molar-refractivity contribution is 5.94. The van der Waals surface area contributed by atoms with Gasteiger partial charge in [-0.3, -0.25) is 4.79 Å². The summed E-state index contributed by atoms with van der Waals surface area (Å²) in [7, 11) is 0. The molecule has 0 saturated carbocycles. The van der Waals surface area contributed by atoms with Crippen molar-refractivity contribution in [2.45, 2.75) is 12.8 Å². The van der Waals surface area contributed by atoms with Crippen molar-refractivity contribution < 1.29 is 9.18 Å². The van der Waals surface area contributed by atoms with E-state index in [0.717, 1.165) is 24.9 Å². The number of hydrogen-bond acceptors (Lipinski definition) is 4. The molecule has 3 aromatic rings. The van der Waals surface area contributed by atoms with Crippen LogP contribution >= 0.6 is 0 Å². The number of carbonyl (C=O) groups excluding carboxylic acids is 1. The summed E-state index contributed by atoms with van der Waals surface area (Å²) in [5.41, 5.74) is 1.67. The van der Waals surface area contributed by atoms with Crippen LogP contribution in [0.3, 0.4) is 0 Å². The molecule has 1 fully saturated rings. The molecular formula is C19H18FN5O. The van der Waals surface area contributed by atoms with Crippen LogP contribution in [0.15, 0.2) is 55.2 Å². The van der Waals surface area contributed by atoms with Gasteiger partial charge in [0.25, 0.3) is 5.91 Å². The third-order valence-corrected chi connectivity index (χ3v) is 4.66. The zero-order chi connectivity index (χ0) is 17.9. The van der Waals surface area contributed by atoms with Crippen molar-refractivity contribution in [3.8, 4) is 5.82 Å². The second-order valence-corrected chi connectivity index (χ2v) is 6.48. The predicted molar refractivity (Wildman–Crippen MR) is 93.3 cm³/mol. The maximum absolute atomic E-state index is 13.0. The van der Waals surface area contributed by atoms with Crippen LogP contribution in [-0.2, 0) is 6.42 Å². The van der Waals surface area contributed by atoms with Crippen LogP contribution in [0, 0.1) is 11.7 Å². The van der Waals surface area contributed by atoms with E-state index in [1.54, 1.807) is 29.3 Å². The van der Waals surface area contributed by atoms with E-state index in [2.05, 4.69) is 15.1 Å². The van der Waals surface area contributed by atoms with E-state index in [1.165, 1.54) is 18.5 Å². The monoisotopic (exact) mass is 351 g/mol. The number of amides is 1. The average molecular weight is 351 g/mol. The average Bonchev–Trinajstić information content (AvgIpc) is 3.35. The number of nitrogens with zero attached hydrogens (tertiary/aromatic N) is 5. The van der Waals surface area contributed by atoms with E-state index in [1.807, 2.05) is 17.0 Å². The normalized spacial score (nSPS) is 16.8. The summed E-state index contributed by atoms with van der Waals surface area (Å²) in [5, 5.41) is 4.02. The van der Waals surface area contributed by atoms with Crippen LogP contribution in [-0.4, -0.2) is 43.6 Å². The number of hydrogen-bond donors (Lipinski definition) is 0. The number of halogens is 1. The van der Waals surface area contributed by atoms with Gasteiger partial charge in [0.15, 0.2) is 5.82 Å².